The fourth-order valence-corrected chi connectivity index (χ4v) is 6.56. The number of hydrogen-bond acceptors (Lipinski definition) is 2. The number of hydrogen-bond donors (Lipinski definition) is 2. The number of thiol groups is 2. The summed E-state index contributed by atoms with van der Waals surface area (Å²) in [6, 6.07) is 15.6. The topological polar surface area (TPSA) is 0 Å². The Bertz CT molecular complexity index is 1600. The van der Waals surface area contributed by atoms with Crippen LogP contribution >= 0.6 is 25.3 Å². The Morgan fingerprint density at radius 2 is 1.57 bits per heavy atom. The third-order valence-electron chi connectivity index (χ3n) is 8.22. The van der Waals surface area contributed by atoms with E-state index in [0.29, 0.717) is 5.92 Å². The predicted molar refractivity (Wildman–Crippen MR) is 184 cm³/mol. The summed E-state index contributed by atoms with van der Waals surface area (Å²) in [4.78, 5) is 1.86. The first-order valence-electron chi connectivity index (χ1n) is 14.8. The van der Waals surface area contributed by atoms with E-state index in [4.69, 9.17) is 12.6 Å². The first kappa shape index (κ1) is 28.6. The van der Waals surface area contributed by atoms with E-state index in [9.17, 15) is 0 Å². The highest BCUT2D eigenvalue weighted by Gasteiger charge is 2.15. The van der Waals surface area contributed by atoms with Gasteiger partial charge in [0.25, 0.3) is 0 Å². The molecular weight excluding hydrogens is 521 g/mol. The van der Waals surface area contributed by atoms with Gasteiger partial charge in [-0.15, -0.1) is 25.3 Å². The molecule has 0 N–H and O–H groups in total. The standard InChI is InChI=1S/C38H40S2/c1-3-32-34-18-9-10-19-35(34)33(4-2)37-26-30(23-24-36(32)37)38(40)20-12-17-31(39)16-11-13-27-21-22-28-14-7-5-6-8-15-29(28)25-27/h9-14,16-26,29,39-40H,3-8,15H2,1-2H3/b13-11+,17-12+,28-14-,31-16-,38-20-. The summed E-state index contributed by atoms with van der Waals surface area (Å²) < 4.78 is 0. The lowest BCUT2D eigenvalue weighted by Gasteiger charge is -2.21. The summed E-state index contributed by atoms with van der Waals surface area (Å²) in [5.41, 5.74) is 6.76. The van der Waals surface area contributed by atoms with Gasteiger partial charge in [0, 0.05) is 15.7 Å². The zero-order chi connectivity index (χ0) is 27.9. The Morgan fingerprint density at radius 3 is 2.35 bits per heavy atom. The van der Waals surface area contributed by atoms with E-state index in [2.05, 4.69) is 111 Å². The second kappa shape index (κ2) is 13.6. The van der Waals surface area contributed by atoms with Crippen LogP contribution in [0, 0.1) is 5.92 Å². The van der Waals surface area contributed by atoms with Crippen molar-refractivity contribution < 1.29 is 0 Å². The summed E-state index contributed by atoms with van der Waals surface area (Å²) >= 11 is 9.53. The van der Waals surface area contributed by atoms with Crippen LogP contribution in [0.15, 0.2) is 119 Å². The van der Waals surface area contributed by atoms with Crippen LogP contribution in [0.3, 0.4) is 0 Å². The van der Waals surface area contributed by atoms with E-state index in [1.165, 1.54) is 75.9 Å². The van der Waals surface area contributed by atoms with Gasteiger partial charge in [0.15, 0.2) is 0 Å². The summed E-state index contributed by atoms with van der Waals surface area (Å²) in [7, 11) is 0. The first-order chi connectivity index (χ1) is 19.6. The molecule has 204 valence electrons. The van der Waals surface area contributed by atoms with Crippen LogP contribution in [-0.4, -0.2) is 0 Å². The molecule has 0 bridgehead atoms. The minimum Gasteiger partial charge on any atom is -0.143 e. The number of aryl methyl sites for hydroxylation is 2. The maximum absolute atomic E-state index is 4.86. The molecule has 0 fully saturated rings. The average Bonchev–Trinajstić information content (AvgIpc) is 2.96. The van der Waals surface area contributed by atoms with Crippen LogP contribution in [-0.2, 0) is 12.8 Å². The van der Waals surface area contributed by atoms with Gasteiger partial charge in [-0.1, -0.05) is 106 Å². The van der Waals surface area contributed by atoms with Crippen LogP contribution in [0.2, 0.25) is 0 Å². The van der Waals surface area contributed by atoms with Crippen molar-refractivity contribution in [2.45, 2.75) is 58.8 Å². The monoisotopic (exact) mass is 560 g/mol. The van der Waals surface area contributed by atoms with Crippen molar-refractivity contribution in [2.75, 3.05) is 0 Å². The van der Waals surface area contributed by atoms with Crippen molar-refractivity contribution in [1.82, 2.24) is 0 Å². The van der Waals surface area contributed by atoms with Crippen molar-refractivity contribution in [1.29, 1.82) is 0 Å². The van der Waals surface area contributed by atoms with Crippen LogP contribution < -0.4 is 0 Å². The molecule has 3 aromatic rings. The third-order valence-corrected chi connectivity index (χ3v) is 8.92. The summed E-state index contributed by atoms with van der Waals surface area (Å²) in [5.74, 6) is 0.569. The molecule has 3 aromatic carbocycles. The Labute approximate surface area is 251 Å². The quantitative estimate of drug-likeness (QED) is 0.160. The molecule has 40 heavy (non-hydrogen) atoms. The molecule has 0 spiro atoms. The summed E-state index contributed by atoms with van der Waals surface area (Å²) in [6.45, 7) is 4.50. The van der Waals surface area contributed by atoms with E-state index < -0.39 is 0 Å². The van der Waals surface area contributed by atoms with Gasteiger partial charge in [-0.05, 0) is 106 Å². The Morgan fingerprint density at radius 1 is 0.825 bits per heavy atom. The lowest BCUT2D eigenvalue weighted by Crippen LogP contribution is -2.06. The molecule has 0 saturated carbocycles. The zero-order valence-corrected chi connectivity index (χ0v) is 25.5. The summed E-state index contributed by atoms with van der Waals surface area (Å²) in [6.07, 6.45) is 30.3. The molecule has 0 aliphatic heterocycles. The Balaban J connectivity index is 1.32. The lowest BCUT2D eigenvalue weighted by atomic mass is 9.84. The summed E-state index contributed by atoms with van der Waals surface area (Å²) in [5, 5.41) is 5.45. The minimum absolute atomic E-state index is 0.569. The molecule has 0 radical (unpaired) electrons. The van der Waals surface area contributed by atoms with Gasteiger partial charge in [-0.25, -0.2) is 0 Å². The molecule has 2 aliphatic carbocycles. The van der Waals surface area contributed by atoms with E-state index in [1.807, 2.05) is 18.2 Å². The Hall–Kier alpha value is -2.94. The van der Waals surface area contributed by atoms with Crippen molar-refractivity contribution in [2.24, 2.45) is 5.92 Å². The Kier molecular flexibility index (Phi) is 9.73. The minimum atomic E-state index is 0.569. The predicted octanol–water partition coefficient (Wildman–Crippen LogP) is 11.3. The maximum atomic E-state index is 4.86. The molecule has 0 aromatic heterocycles. The van der Waals surface area contributed by atoms with E-state index >= 15 is 0 Å². The molecular formula is C38H40S2. The molecule has 5 rings (SSSR count). The highest BCUT2D eigenvalue weighted by Crippen LogP contribution is 2.36. The second-order valence-corrected chi connectivity index (χ2v) is 11.8. The third kappa shape index (κ3) is 6.51. The van der Waals surface area contributed by atoms with Crippen molar-refractivity contribution in [3.63, 3.8) is 0 Å². The van der Waals surface area contributed by atoms with E-state index in [-0.39, 0.29) is 0 Å². The smallest absolute Gasteiger partial charge is 0.0113 e. The van der Waals surface area contributed by atoms with Gasteiger partial charge in [-0.2, -0.15) is 0 Å². The molecule has 1 unspecified atom stereocenters. The van der Waals surface area contributed by atoms with Gasteiger partial charge < -0.3 is 0 Å². The molecule has 0 saturated heterocycles. The van der Waals surface area contributed by atoms with Crippen LogP contribution in [0.5, 0.6) is 0 Å². The number of benzene rings is 3. The van der Waals surface area contributed by atoms with Crippen LogP contribution in [0.4, 0.5) is 0 Å². The highest BCUT2D eigenvalue weighted by molar-refractivity contribution is 7.90. The van der Waals surface area contributed by atoms with Gasteiger partial charge in [0.2, 0.25) is 0 Å². The molecule has 2 aliphatic rings. The van der Waals surface area contributed by atoms with Gasteiger partial charge >= 0.3 is 0 Å². The second-order valence-electron chi connectivity index (χ2n) is 10.8. The average molecular weight is 561 g/mol. The van der Waals surface area contributed by atoms with Crippen LogP contribution in [0.1, 0.15) is 62.6 Å². The van der Waals surface area contributed by atoms with Crippen molar-refractivity contribution in [3.05, 3.63) is 136 Å². The van der Waals surface area contributed by atoms with Crippen molar-refractivity contribution >= 4 is 51.7 Å². The zero-order valence-electron chi connectivity index (χ0n) is 23.7. The number of fused-ring (bicyclic) bond motifs is 3. The van der Waals surface area contributed by atoms with E-state index in [0.717, 1.165) is 28.2 Å². The van der Waals surface area contributed by atoms with Gasteiger partial charge in [0.1, 0.15) is 0 Å². The lowest BCUT2D eigenvalue weighted by molar-refractivity contribution is 0.567. The molecule has 2 heteroatoms. The fourth-order valence-electron chi connectivity index (χ4n) is 6.16. The molecule has 0 nitrogen and oxygen atoms in total. The van der Waals surface area contributed by atoms with Gasteiger partial charge in [0.05, 0.1) is 0 Å². The van der Waals surface area contributed by atoms with Crippen molar-refractivity contribution in [3.8, 4) is 0 Å². The molecule has 0 amide bonds. The molecule has 0 heterocycles. The SMILES string of the molecule is CCc1c2ccccc2c(CC)c2cc(/C(S)=C/C=C/C(S)=C/C=C/C3=CC4CCCCC/C=C\4C=C3)ccc12. The largest absolute Gasteiger partial charge is 0.143 e. The fraction of sp³-hybridized carbons (Fsp3) is 0.263. The normalized spacial score (nSPS) is 20.1. The molecule has 1 atom stereocenters. The maximum Gasteiger partial charge on any atom is 0.0113 e. The van der Waals surface area contributed by atoms with Gasteiger partial charge in [-0.3, -0.25) is 0 Å². The van der Waals surface area contributed by atoms with E-state index in [1.54, 1.807) is 0 Å². The number of rotatable bonds is 7. The number of allylic oxidation sites excluding steroid dienone is 12. The first-order valence-corrected chi connectivity index (χ1v) is 15.7. The van der Waals surface area contributed by atoms with Crippen LogP contribution in [0.25, 0.3) is 26.5 Å². The highest BCUT2D eigenvalue weighted by atomic mass is 32.1.